The Morgan fingerprint density at radius 2 is 2.08 bits per heavy atom. The Hall–Kier alpha value is -1.95. The van der Waals surface area contributed by atoms with Crippen molar-refractivity contribution in [3.05, 3.63) is 35.6 Å². The standard InChI is InChI=1S/C20H30FN3O2/c1-14(2)20(26)24-10-6-8-16(13-24)19(25)22-12-18(23(3)4)15-7-5-9-17(21)11-15/h5,7,9,11,14,16,18H,6,8,10,12-13H2,1-4H3,(H,22,25)/t16-,18-/m1/s1. The number of carbonyl (C=O) groups excluding carboxylic acids is 2. The number of hydrogen-bond acceptors (Lipinski definition) is 3. The molecule has 1 heterocycles. The predicted octanol–water partition coefficient (Wildman–Crippen LogP) is 2.44. The van der Waals surface area contributed by atoms with Crippen LogP contribution >= 0.6 is 0 Å². The van der Waals surface area contributed by atoms with Crippen LogP contribution in [0.4, 0.5) is 4.39 Å². The number of benzene rings is 1. The first-order valence-electron chi connectivity index (χ1n) is 9.28. The van der Waals surface area contributed by atoms with Crippen molar-refractivity contribution in [1.82, 2.24) is 15.1 Å². The van der Waals surface area contributed by atoms with Gasteiger partial charge in [0.2, 0.25) is 11.8 Å². The lowest BCUT2D eigenvalue weighted by Crippen LogP contribution is -2.47. The highest BCUT2D eigenvalue weighted by Crippen LogP contribution is 2.21. The maximum absolute atomic E-state index is 13.5. The first kappa shape index (κ1) is 20.4. The van der Waals surface area contributed by atoms with Crippen LogP contribution in [-0.2, 0) is 9.59 Å². The first-order chi connectivity index (χ1) is 12.3. The lowest BCUT2D eigenvalue weighted by atomic mass is 9.95. The summed E-state index contributed by atoms with van der Waals surface area (Å²) in [6.07, 6.45) is 1.64. The van der Waals surface area contributed by atoms with E-state index in [1.54, 1.807) is 11.0 Å². The smallest absolute Gasteiger partial charge is 0.225 e. The van der Waals surface area contributed by atoms with E-state index in [2.05, 4.69) is 5.32 Å². The van der Waals surface area contributed by atoms with Gasteiger partial charge in [-0.1, -0.05) is 26.0 Å². The molecule has 0 spiro atoms. The van der Waals surface area contributed by atoms with Gasteiger partial charge in [0.25, 0.3) is 0 Å². The van der Waals surface area contributed by atoms with Gasteiger partial charge in [-0.3, -0.25) is 9.59 Å². The second-order valence-electron chi connectivity index (χ2n) is 7.56. The summed E-state index contributed by atoms with van der Waals surface area (Å²) < 4.78 is 13.5. The Labute approximate surface area is 155 Å². The van der Waals surface area contributed by atoms with Gasteiger partial charge in [-0.25, -0.2) is 4.39 Å². The number of piperidine rings is 1. The summed E-state index contributed by atoms with van der Waals surface area (Å²) in [5.74, 6) is -0.441. The number of nitrogens with zero attached hydrogens (tertiary/aromatic N) is 2. The summed E-state index contributed by atoms with van der Waals surface area (Å²) in [6, 6.07) is 6.35. The molecule has 1 aliphatic heterocycles. The van der Waals surface area contributed by atoms with Crippen molar-refractivity contribution in [2.24, 2.45) is 11.8 Å². The minimum atomic E-state index is -0.282. The number of carbonyl (C=O) groups is 2. The molecule has 1 fully saturated rings. The van der Waals surface area contributed by atoms with Gasteiger partial charge in [-0.05, 0) is 44.6 Å². The topological polar surface area (TPSA) is 52.7 Å². The summed E-state index contributed by atoms with van der Waals surface area (Å²) >= 11 is 0. The second-order valence-corrected chi connectivity index (χ2v) is 7.56. The zero-order valence-corrected chi connectivity index (χ0v) is 16.2. The van der Waals surface area contributed by atoms with E-state index in [0.29, 0.717) is 13.1 Å². The van der Waals surface area contributed by atoms with E-state index in [9.17, 15) is 14.0 Å². The monoisotopic (exact) mass is 363 g/mol. The molecular weight excluding hydrogens is 333 g/mol. The van der Waals surface area contributed by atoms with Crippen molar-refractivity contribution < 1.29 is 14.0 Å². The molecule has 1 saturated heterocycles. The third-order valence-corrected chi connectivity index (χ3v) is 4.92. The van der Waals surface area contributed by atoms with E-state index < -0.39 is 0 Å². The molecule has 0 unspecified atom stereocenters. The molecule has 6 heteroatoms. The molecule has 1 aromatic carbocycles. The Bertz CT molecular complexity index is 633. The Morgan fingerprint density at radius 1 is 1.35 bits per heavy atom. The van der Waals surface area contributed by atoms with Crippen LogP contribution in [0.25, 0.3) is 0 Å². The van der Waals surface area contributed by atoms with Crippen LogP contribution in [-0.4, -0.2) is 55.3 Å². The van der Waals surface area contributed by atoms with Crippen LogP contribution < -0.4 is 5.32 Å². The number of halogens is 1. The van der Waals surface area contributed by atoms with Gasteiger partial charge in [0.05, 0.1) is 12.0 Å². The van der Waals surface area contributed by atoms with E-state index in [0.717, 1.165) is 24.9 Å². The van der Waals surface area contributed by atoms with Crippen molar-refractivity contribution in [3.63, 3.8) is 0 Å². The Kier molecular flexibility index (Phi) is 7.14. The molecule has 1 N–H and O–H groups in total. The zero-order valence-electron chi connectivity index (χ0n) is 16.2. The fourth-order valence-corrected chi connectivity index (χ4v) is 3.41. The molecule has 26 heavy (non-hydrogen) atoms. The lowest BCUT2D eigenvalue weighted by molar-refractivity contribution is -0.138. The van der Waals surface area contributed by atoms with Crippen LogP contribution in [0.2, 0.25) is 0 Å². The van der Waals surface area contributed by atoms with Crippen molar-refractivity contribution in [1.29, 1.82) is 0 Å². The Balaban J connectivity index is 1.96. The average molecular weight is 363 g/mol. The molecule has 2 atom stereocenters. The van der Waals surface area contributed by atoms with Crippen LogP contribution in [0.15, 0.2) is 24.3 Å². The average Bonchev–Trinajstić information content (AvgIpc) is 2.61. The summed E-state index contributed by atoms with van der Waals surface area (Å²) in [5, 5.41) is 3.00. The number of amides is 2. The van der Waals surface area contributed by atoms with Crippen molar-refractivity contribution in [2.45, 2.75) is 32.7 Å². The van der Waals surface area contributed by atoms with Crippen LogP contribution in [0.5, 0.6) is 0 Å². The fraction of sp³-hybridized carbons (Fsp3) is 0.600. The van der Waals surface area contributed by atoms with Gasteiger partial charge >= 0.3 is 0 Å². The minimum absolute atomic E-state index is 0.0329. The maximum Gasteiger partial charge on any atom is 0.225 e. The van der Waals surface area contributed by atoms with E-state index >= 15 is 0 Å². The van der Waals surface area contributed by atoms with Gasteiger partial charge in [0.15, 0.2) is 0 Å². The summed E-state index contributed by atoms with van der Waals surface area (Å²) in [7, 11) is 3.82. The van der Waals surface area contributed by atoms with Gasteiger partial charge < -0.3 is 15.1 Å². The fourth-order valence-electron chi connectivity index (χ4n) is 3.41. The second kappa shape index (κ2) is 9.12. The van der Waals surface area contributed by atoms with Gasteiger partial charge in [0, 0.05) is 25.6 Å². The maximum atomic E-state index is 13.5. The van der Waals surface area contributed by atoms with E-state index in [4.69, 9.17) is 0 Å². The molecule has 0 aromatic heterocycles. The minimum Gasteiger partial charge on any atom is -0.354 e. The summed E-state index contributed by atoms with van der Waals surface area (Å²) in [6.45, 7) is 5.38. The number of likely N-dealkylation sites (N-methyl/N-ethyl adjacent to an activating group) is 1. The molecule has 1 aliphatic rings. The number of likely N-dealkylation sites (tertiary alicyclic amines) is 1. The highest BCUT2D eigenvalue weighted by Gasteiger charge is 2.29. The quantitative estimate of drug-likeness (QED) is 0.845. The molecule has 0 saturated carbocycles. The molecule has 0 radical (unpaired) electrons. The largest absolute Gasteiger partial charge is 0.354 e. The van der Waals surface area contributed by atoms with Crippen LogP contribution in [0.1, 0.15) is 38.3 Å². The van der Waals surface area contributed by atoms with Crippen molar-refractivity contribution >= 4 is 11.8 Å². The number of nitrogens with one attached hydrogen (secondary N) is 1. The van der Waals surface area contributed by atoms with E-state index in [1.165, 1.54) is 12.1 Å². The zero-order chi connectivity index (χ0) is 19.3. The summed E-state index contributed by atoms with van der Waals surface area (Å²) in [4.78, 5) is 28.6. The molecule has 0 aliphatic carbocycles. The van der Waals surface area contributed by atoms with E-state index in [1.807, 2.05) is 38.9 Å². The summed E-state index contributed by atoms with van der Waals surface area (Å²) in [5.41, 5.74) is 0.829. The number of hydrogen-bond donors (Lipinski definition) is 1. The number of rotatable bonds is 6. The van der Waals surface area contributed by atoms with Gasteiger partial charge in [0.1, 0.15) is 5.82 Å². The molecular formula is C20H30FN3O2. The highest BCUT2D eigenvalue weighted by atomic mass is 19.1. The predicted molar refractivity (Wildman–Crippen MR) is 100.0 cm³/mol. The molecule has 2 rings (SSSR count). The molecule has 0 bridgehead atoms. The van der Waals surface area contributed by atoms with E-state index in [-0.39, 0.29) is 35.5 Å². The normalized spacial score (nSPS) is 18.9. The Morgan fingerprint density at radius 3 is 2.69 bits per heavy atom. The highest BCUT2D eigenvalue weighted by molar-refractivity contribution is 5.82. The molecule has 1 aromatic rings. The third kappa shape index (κ3) is 5.27. The molecule has 5 nitrogen and oxygen atoms in total. The molecule has 2 amide bonds. The van der Waals surface area contributed by atoms with Crippen molar-refractivity contribution in [2.75, 3.05) is 33.7 Å². The van der Waals surface area contributed by atoms with Crippen LogP contribution in [0, 0.1) is 17.7 Å². The lowest BCUT2D eigenvalue weighted by Gasteiger charge is -2.33. The van der Waals surface area contributed by atoms with Crippen molar-refractivity contribution in [3.8, 4) is 0 Å². The first-order valence-corrected chi connectivity index (χ1v) is 9.28. The molecule has 144 valence electrons. The third-order valence-electron chi connectivity index (χ3n) is 4.92. The van der Waals surface area contributed by atoms with Gasteiger partial charge in [-0.15, -0.1) is 0 Å². The van der Waals surface area contributed by atoms with Crippen LogP contribution in [0.3, 0.4) is 0 Å². The SMILES string of the molecule is CC(C)C(=O)N1CCC[C@@H](C(=O)NC[C@H](c2cccc(F)c2)N(C)C)C1. The van der Waals surface area contributed by atoms with Gasteiger partial charge in [-0.2, -0.15) is 0 Å².